The van der Waals surface area contributed by atoms with Crippen molar-refractivity contribution < 1.29 is 9.90 Å². The Morgan fingerprint density at radius 1 is 1.37 bits per heavy atom. The van der Waals surface area contributed by atoms with Crippen LogP contribution in [0.5, 0.6) is 0 Å². The highest BCUT2D eigenvalue weighted by atomic mass is 16.4. The highest BCUT2D eigenvalue weighted by Crippen LogP contribution is 2.24. The molecule has 1 atom stereocenters. The first-order valence-electron chi connectivity index (χ1n) is 6.71. The lowest BCUT2D eigenvalue weighted by Crippen LogP contribution is -2.52. The highest BCUT2D eigenvalue weighted by Gasteiger charge is 2.26. The molecule has 1 N–H and O–H groups in total. The van der Waals surface area contributed by atoms with Gasteiger partial charge in [0.15, 0.2) is 0 Å². The average Bonchev–Trinajstić information content (AvgIpc) is 2.32. The molecule has 4 heteroatoms. The van der Waals surface area contributed by atoms with Crippen molar-refractivity contribution in [1.82, 2.24) is 4.90 Å². The molecule has 4 nitrogen and oxygen atoms in total. The predicted molar refractivity (Wildman–Crippen MR) is 76.8 cm³/mol. The topological polar surface area (TPSA) is 43.8 Å². The zero-order valence-electron chi connectivity index (χ0n) is 11.9. The first-order chi connectivity index (χ1) is 8.97. The van der Waals surface area contributed by atoms with Crippen LogP contribution in [0.3, 0.4) is 0 Å². The molecule has 1 aromatic rings. The molecule has 1 heterocycles. The van der Waals surface area contributed by atoms with Crippen LogP contribution in [0.2, 0.25) is 0 Å². The Labute approximate surface area is 114 Å². The maximum atomic E-state index is 10.9. The van der Waals surface area contributed by atoms with Crippen molar-refractivity contribution in [2.45, 2.75) is 26.3 Å². The van der Waals surface area contributed by atoms with E-state index in [1.807, 2.05) is 7.05 Å². The van der Waals surface area contributed by atoms with Crippen molar-refractivity contribution in [3.63, 3.8) is 0 Å². The summed E-state index contributed by atoms with van der Waals surface area (Å²) in [5.41, 5.74) is 3.75. The van der Waals surface area contributed by atoms with Gasteiger partial charge in [-0.25, -0.2) is 0 Å². The number of aryl methyl sites for hydroxylation is 2. The van der Waals surface area contributed by atoms with Gasteiger partial charge >= 0.3 is 5.97 Å². The van der Waals surface area contributed by atoms with Crippen molar-refractivity contribution in [2.24, 2.45) is 0 Å². The largest absolute Gasteiger partial charge is 0.481 e. The second-order valence-electron chi connectivity index (χ2n) is 5.47. The van der Waals surface area contributed by atoms with Crippen molar-refractivity contribution in [3.8, 4) is 0 Å². The minimum Gasteiger partial charge on any atom is -0.481 e. The quantitative estimate of drug-likeness (QED) is 0.903. The zero-order chi connectivity index (χ0) is 14.0. The second-order valence-corrected chi connectivity index (χ2v) is 5.47. The van der Waals surface area contributed by atoms with Gasteiger partial charge in [-0.05, 0) is 32.5 Å². The van der Waals surface area contributed by atoms with E-state index in [0.717, 1.165) is 19.6 Å². The van der Waals surface area contributed by atoms with Crippen molar-refractivity contribution in [2.75, 3.05) is 31.6 Å². The molecule has 1 aromatic carbocycles. The summed E-state index contributed by atoms with van der Waals surface area (Å²) in [4.78, 5) is 15.4. The van der Waals surface area contributed by atoms with Gasteiger partial charge < -0.3 is 10.0 Å². The Bertz CT molecular complexity index is 473. The summed E-state index contributed by atoms with van der Waals surface area (Å²) in [6.07, 6.45) is 0.206. The number of anilines is 1. The van der Waals surface area contributed by atoms with Crippen molar-refractivity contribution in [1.29, 1.82) is 0 Å². The molecule has 0 radical (unpaired) electrons. The van der Waals surface area contributed by atoms with Crippen molar-refractivity contribution >= 4 is 11.7 Å². The summed E-state index contributed by atoms with van der Waals surface area (Å²) >= 11 is 0. The number of hydrogen-bond acceptors (Lipinski definition) is 3. The molecule has 1 aliphatic heterocycles. The Balaban J connectivity index is 2.15. The Morgan fingerprint density at radius 2 is 2.11 bits per heavy atom. The first kappa shape index (κ1) is 13.9. The van der Waals surface area contributed by atoms with E-state index < -0.39 is 5.97 Å². The fraction of sp³-hybridized carbons (Fsp3) is 0.533. The number of carbonyl (C=O) groups is 1. The molecule has 0 saturated carbocycles. The fourth-order valence-corrected chi connectivity index (χ4v) is 2.75. The maximum Gasteiger partial charge on any atom is 0.305 e. The smallest absolute Gasteiger partial charge is 0.305 e. The zero-order valence-corrected chi connectivity index (χ0v) is 11.9. The number of aliphatic carboxylic acids is 1. The lowest BCUT2D eigenvalue weighted by molar-refractivity contribution is -0.138. The molecule has 19 heavy (non-hydrogen) atoms. The van der Waals surface area contributed by atoms with E-state index in [1.54, 1.807) is 0 Å². The minimum absolute atomic E-state index is 0.0898. The van der Waals surface area contributed by atoms with Gasteiger partial charge in [0.25, 0.3) is 0 Å². The number of nitrogens with zero attached hydrogens (tertiary/aromatic N) is 2. The third-order valence-corrected chi connectivity index (χ3v) is 3.88. The Kier molecular flexibility index (Phi) is 4.10. The maximum absolute atomic E-state index is 10.9. The number of rotatable bonds is 3. The van der Waals surface area contributed by atoms with Crippen LogP contribution in [-0.2, 0) is 4.79 Å². The van der Waals surface area contributed by atoms with Gasteiger partial charge in [0.1, 0.15) is 0 Å². The predicted octanol–water partition coefficient (Wildman–Crippen LogP) is 1.90. The van der Waals surface area contributed by atoms with Crippen LogP contribution in [0.4, 0.5) is 5.69 Å². The summed E-state index contributed by atoms with van der Waals surface area (Å²) in [7, 11) is 2.01. The number of benzene rings is 1. The van der Waals surface area contributed by atoms with Crippen LogP contribution in [0.15, 0.2) is 18.2 Å². The number of likely N-dealkylation sites (N-methyl/N-ethyl adjacent to an activating group) is 1. The Morgan fingerprint density at radius 3 is 2.74 bits per heavy atom. The number of carboxylic acid groups (broad SMARTS) is 1. The highest BCUT2D eigenvalue weighted by molar-refractivity contribution is 5.68. The van der Waals surface area contributed by atoms with Crippen LogP contribution in [0.1, 0.15) is 17.5 Å². The fourth-order valence-electron chi connectivity index (χ4n) is 2.75. The van der Waals surface area contributed by atoms with Gasteiger partial charge in [-0.3, -0.25) is 9.69 Å². The van der Waals surface area contributed by atoms with Gasteiger partial charge in [0.2, 0.25) is 0 Å². The molecule has 2 rings (SSSR count). The summed E-state index contributed by atoms with van der Waals surface area (Å²) in [6.45, 7) is 6.86. The molecule has 0 bridgehead atoms. The van der Waals surface area contributed by atoms with Crippen molar-refractivity contribution in [3.05, 3.63) is 29.3 Å². The van der Waals surface area contributed by atoms with E-state index in [4.69, 9.17) is 5.11 Å². The van der Waals surface area contributed by atoms with Gasteiger partial charge in [-0.2, -0.15) is 0 Å². The van der Waals surface area contributed by atoms with E-state index in [1.165, 1.54) is 16.8 Å². The summed E-state index contributed by atoms with van der Waals surface area (Å²) in [5.74, 6) is -0.723. The molecular formula is C15H22N2O2. The lowest BCUT2D eigenvalue weighted by Gasteiger charge is -2.40. The second kappa shape index (κ2) is 5.61. The lowest BCUT2D eigenvalue weighted by atomic mass is 10.1. The Hall–Kier alpha value is -1.55. The van der Waals surface area contributed by atoms with Crippen LogP contribution < -0.4 is 4.90 Å². The van der Waals surface area contributed by atoms with Crippen LogP contribution >= 0.6 is 0 Å². The molecule has 104 valence electrons. The van der Waals surface area contributed by atoms with Gasteiger partial charge in [0, 0.05) is 31.4 Å². The van der Waals surface area contributed by atoms with Gasteiger partial charge in [-0.15, -0.1) is 0 Å². The molecule has 0 aliphatic carbocycles. The molecule has 0 aromatic heterocycles. The van der Waals surface area contributed by atoms with Gasteiger partial charge in [0.05, 0.1) is 6.42 Å². The minimum atomic E-state index is -0.723. The number of hydrogen-bond donors (Lipinski definition) is 1. The molecule has 0 amide bonds. The van der Waals surface area contributed by atoms with E-state index in [0.29, 0.717) is 0 Å². The van der Waals surface area contributed by atoms with E-state index in [9.17, 15) is 4.79 Å². The monoisotopic (exact) mass is 262 g/mol. The average molecular weight is 262 g/mol. The van der Waals surface area contributed by atoms with Gasteiger partial charge in [-0.1, -0.05) is 17.7 Å². The molecule has 1 saturated heterocycles. The van der Waals surface area contributed by atoms with Crippen LogP contribution in [-0.4, -0.2) is 48.7 Å². The number of piperazine rings is 1. The summed E-state index contributed by atoms with van der Waals surface area (Å²) < 4.78 is 0. The molecule has 0 spiro atoms. The standard InChI is InChI=1S/C15H22N2O2/c1-11-4-5-14(12(2)8-11)17-7-6-16(3)13(10-17)9-15(18)19/h4-5,8,13H,6-7,9-10H2,1-3H3,(H,18,19). The summed E-state index contributed by atoms with van der Waals surface area (Å²) in [5, 5.41) is 8.99. The van der Waals surface area contributed by atoms with E-state index >= 15 is 0 Å². The third-order valence-electron chi connectivity index (χ3n) is 3.88. The van der Waals surface area contributed by atoms with Crippen LogP contribution in [0.25, 0.3) is 0 Å². The molecule has 1 unspecified atom stereocenters. The SMILES string of the molecule is Cc1ccc(N2CCN(C)C(CC(=O)O)C2)c(C)c1. The van der Waals surface area contributed by atoms with E-state index in [-0.39, 0.29) is 12.5 Å². The van der Waals surface area contributed by atoms with E-state index in [2.05, 4.69) is 41.8 Å². The molecular weight excluding hydrogens is 240 g/mol. The third kappa shape index (κ3) is 3.26. The molecule has 1 aliphatic rings. The first-order valence-corrected chi connectivity index (χ1v) is 6.71. The summed E-state index contributed by atoms with van der Waals surface area (Å²) in [6, 6.07) is 6.53. The molecule has 1 fully saturated rings. The normalized spacial score (nSPS) is 20.6. The van der Waals surface area contributed by atoms with Crippen LogP contribution in [0, 0.1) is 13.8 Å². The number of carboxylic acids is 1.